The molecule has 5 nitrogen and oxygen atoms in total. The van der Waals surface area contributed by atoms with Gasteiger partial charge in [-0.3, -0.25) is 0 Å². The lowest BCUT2D eigenvalue weighted by Gasteiger charge is -2.00. The molecule has 0 saturated heterocycles. The second-order valence-electron chi connectivity index (χ2n) is 4.00. The molecular weight excluding hydrogens is 232 g/mol. The van der Waals surface area contributed by atoms with Gasteiger partial charge in [0.1, 0.15) is 11.9 Å². The van der Waals surface area contributed by atoms with Crippen molar-refractivity contribution in [3.05, 3.63) is 41.5 Å². The van der Waals surface area contributed by atoms with Crippen molar-refractivity contribution in [1.82, 2.24) is 10.1 Å². The first-order chi connectivity index (χ1) is 8.72. The van der Waals surface area contributed by atoms with E-state index in [-0.39, 0.29) is 0 Å². The quantitative estimate of drug-likeness (QED) is 0.877. The number of benzene rings is 1. The summed E-state index contributed by atoms with van der Waals surface area (Å²) in [4.78, 5) is 4.16. The van der Waals surface area contributed by atoms with Gasteiger partial charge < -0.3 is 14.4 Å². The molecule has 0 fully saturated rings. The van der Waals surface area contributed by atoms with Crippen LogP contribution in [0.1, 0.15) is 36.7 Å². The van der Waals surface area contributed by atoms with E-state index in [1.165, 1.54) is 0 Å². The minimum atomic E-state index is -0.654. The Labute approximate surface area is 105 Å². The summed E-state index contributed by atoms with van der Waals surface area (Å²) >= 11 is 0. The molecule has 1 atom stereocenters. The summed E-state index contributed by atoms with van der Waals surface area (Å²) in [6.45, 7) is 1.87. The highest BCUT2D eigenvalue weighted by Crippen LogP contribution is 2.16. The second kappa shape index (κ2) is 5.64. The first-order valence-corrected chi connectivity index (χ1v) is 5.86. The predicted molar refractivity (Wildman–Crippen MR) is 65.3 cm³/mol. The van der Waals surface area contributed by atoms with E-state index in [9.17, 15) is 5.11 Å². The zero-order valence-electron chi connectivity index (χ0n) is 10.5. The van der Waals surface area contributed by atoms with Crippen molar-refractivity contribution in [2.45, 2.75) is 25.9 Å². The molecule has 0 aliphatic carbocycles. The Hall–Kier alpha value is -1.88. The molecule has 1 aromatic heterocycles. The summed E-state index contributed by atoms with van der Waals surface area (Å²) in [7, 11) is 1.63. The van der Waals surface area contributed by atoms with E-state index in [1.54, 1.807) is 7.11 Å². The van der Waals surface area contributed by atoms with Gasteiger partial charge in [0, 0.05) is 0 Å². The first-order valence-electron chi connectivity index (χ1n) is 5.86. The maximum atomic E-state index is 9.58. The van der Waals surface area contributed by atoms with Gasteiger partial charge in [-0.15, -0.1) is 0 Å². The van der Waals surface area contributed by atoms with Gasteiger partial charge in [-0.2, -0.15) is 4.98 Å². The number of hydrogen-bond acceptors (Lipinski definition) is 5. The van der Waals surface area contributed by atoms with E-state index in [1.807, 2.05) is 31.2 Å². The topological polar surface area (TPSA) is 68.4 Å². The fraction of sp³-hybridized carbons (Fsp3) is 0.385. The molecule has 1 heterocycles. The molecule has 1 unspecified atom stereocenters. The number of aliphatic hydroxyl groups is 1. The molecule has 0 aliphatic heterocycles. The van der Waals surface area contributed by atoms with Crippen LogP contribution in [0.2, 0.25) is 0 Å². The van der Waals surface area contributed by atoms with Gasteiger partial charge in [-0.25, -0.2) is 0 Å². The van der Waals surface area contributed by atoms with E-state index >= 15 is 0 Å². The molecule has 0 spiro atoms. The van der Waals surface area contributed by atoms with Crippen LogP contribution in [0.4, 0.5) is 0 Å². The zero-order valence-corrected chi connectivity index (χ0v) is 10.5. The summed E-state index contributed by atoms with van der Waals surface area (Å²) in [5.41, 5.74) is 1.05. The maximum absolute atomic E-state index is 9.58. The molecule has 0 bridgehead atoms. The van der Waals surface area contributed by atoms with Crippen molar-refractivity contribution < 1.29 is 14.4 Å². The van der Waals surface area contributed by atoms with E-state index in [4.69, 9.17) is 9.26 Å². The molecule has 0 amide bonds. The van der Waals surface area contributed by atoms with Gasteiger partial charge >= 0.3 is 0 Å². The molecule has 1 N–H and O–H groups in total. The third-order valence-electron chi connectivity index (χ3n) is 2.68. The molecule has 18 heavy (non-hydrogen) atoms. The van der Waals surface area contributed by atoms with Crippen LogP contribution >= 0.6 is 0 Å². The number of hydrogen-bond donors (Lipinski definition) is 1. The Kier molecular flexibility index (Phi) is 3.94. The highest BCUT2D eigenvalue weighted by molar-refractivity contribution is 5.28. The lowest BCUT2D eigenvalue weighted by Crippen LogP contribution is -1.98. The fourth-order valence-corrected chi connectivity index (χ4v) is 1.58. The maximum Gasteiger partial charge on any atom is 0.231 e. The van der Waals surface area contributed by atoms with Crippen molar-refractivity contribution in [3.8, 4) is 5.75 Å². The minimum Gasteiger partial charge on any atom is -0.497 e. The number of nitrogens with zero attached hydrogens (tertiary/aromatic N) is 2. The molecule has 0 radical (unpaired) electrons. The normalized spacial score (nSPS) is 12.4. The molecule has 1 aromatic carbocycles. The van der Waals surface area contributed by atoms with Crippen LogP contribution in [0.25, 0.3) is 0 Å². The van der Waals surface area contributed by atoms with E-state index in [2.05, 4.69) is 10.1 Å². The number of rotatable bonds is 5. The Bertz CT molecular complexity index is 493. The lowest BCUT2D eigenvalue weighted by atomic mass is 10.1. The third kappa shape index (κ3) is 2.87. The average Bonchev–Trinajstić information content (AvgIpc) is 2.87. The SMILES string of the molecule is CCC(O)c1noc(Cc2ccc(OC)cc2)n1. The van der Waals surface area contributed by atoms with Crippen molar-refractivity contribution in [3.63, 3.8) is 0 Å². The van der Waals surface area contributed by atoms with Crippen LogP contribution < -0.4 is 4.74 Å². The summed E-state index contributed by atoms with van der Waals surface area (Å²) in [5.74, 6) is 1.66. The molecule has 0 aliphatic rings. The number of aromatic nitrogens is 2. The average molecular weight is 248 g/mol. The zero-order chi connectivity index (χ0) is 13.0. The van der Waals surface area contributed by atoms with E-state index in [0.717, 1.165) is 11.3 Å². The van der Waals surface area contributed by atoms with Crippen molar-refractivity contribution in [1.29, 1.82) is 0 Å². The van der Waals surface area contributed by atoms with Crippen LogP contribution in [0.15, 0.2) is 28.8 Å². The summed E-state index contributed by atoms with van der Waals surface area (Å²) in [5, 5.41) is 13.3. The largest absolute Gasteiger partial charge is 0.497 e. The fourth-order valence-electron chi connectivity index (χ4n) is 1.58. The Morgan fingerprint density at radius 3 is 2.67 bits per heavy atom. The number of aliphatic hydroxyl groups excluding tert-OH is 1. The minimum absolute atomic E-state index is 0.348. The van der Waals surface area contributed by atoms with Crippen LogP contribution in [-0.4, -0.2) is 22.4 Å². The van der Waals surface area contributed by atoms with Crippen molar-refractivity contribution in [2.24, 2.45) is 0 Å². The number of ether oxygens (including phenoxy) is 1. The number of methoxy groups -OCH3 is 1. The molecule has 0 saturated carbocycles. The highest BCUT2D eigenvalue weighted by atomic mass is 16.5. The molecule has 96 valence electrons. The second-order valence-corrected chi connectivity index (χ2v) is 4.00. The summed E-state index contributed by atoms with van der Waals surface area (Å²) < 4.78 is 10.2. The first kappa shape index (κ1) is 12.6. The molecular formula is C13H16N2O3. The van der Waals surface area contributed by atoms with E-state index < -0.39 is 6.10 Å². The standard InChI is InChI=1S/C13H16N2O3/c1-3-11(16)13-14-12(18-15-13)8-9-4-6-10(17-2)7-5-9/h4-7,11,16H,3,8H2,1-2H3. The van der Waals surface area contributed by atoms with Crippen LogP contribution in [-0.2, 0) is 6.42 Å². The van der Waals surface area contributed by atoms with Gasteiger partial charge in [0.2, 0.25) is 5.89 Å². The smallest absolute Gasteiger partial charge is 0.231 e. The monoisotopic (exact) mass is 248 g/mol. The predicted octanol–water partition coefficient (Wildman–Crippen LogP) is 2.11. The molecule has 2 aromatic rings. The Morgan fingerprint density at radius 2 is 2.06 bits per heavy atom. The van der Waals surface area contributed by atoms with Gasteiger partial charge in [-0.1, -0.05) is 24.2 Å². The van der Waals surface area contributed by atoms with Crippen LogP contribution in [0.5, 0.6) is 5.75 Å². The molecule has 5 heteroatoms. The Balaban J connectivity index is 2.06. The van der Waals surface area contributed by atoms with Crippen molar-refractivity contribution >= 4 is 0 Å². The molecule has 2 rings (SSSR count). The van der Waals surface area contributed by atoms with E-state index in [0.29, 0.717) is 24.6 Å². The third-order valence-corrected chi connectivity index (χ3v) is 2.68. The summed E-state index contributed by atoms with van der Waals surface area (Å²) in [6, 6.07) is 7.65. The van der Waals surface area contributed by atoms with Gasteiger partial charge in [0.15, 0.2) is 5.82 Å². The highest BCUT2D eigenvalue weighted by Gasteiger charge is 2.13. The summed E-state index contributed by atoms with van der Waals surface area (Å²) in [6.07, 6.45) is 0.466. The van der Waals surface area contributed by atoms with Gasteiger partial charge in [0.05, 0.1) is 13.5 Å². The van der Waals surface area contributed by atoms with Crippen molar-refractivity contribution in [2.75, 3.05) is 7.11 Å². The lowest BCUT2D eigenvalue weighted by molar-refractivity contribution is 0.159. The Morgan fingerprint density at radius 1 is 1.33 bits per heavy atom. The van der Waals surface area contributed by atoms with Crippen LogP contribution in [0, 0.1) is 0 Å². The van der Waals surface area contributed by atoms with Crippen LogP contribution in [0.3, 0.4) is 0 Å². The van der Waals surface area contributed by atoms with Gasteiger partial charge in [-0.05, 0) is 24.1 Å². The van der Waals surface area contributed by atoms with Gasteiger partial charge in [0.25, 0.3) is 0 Å².